The molecule has 0 atom stereocenters. The summed E-state index contributed by atoms with van der Waals surface area (Å²) in [5, 5.41) is 8.95. The molecule has 9 nitrogen and oxygen atoms in total. The average Bonchev–Trinajstić information content (AvgIpc) is 3.34. The Labute approximate surface area is 211 Å². The lowest BCUT2D eigenvalue weighted by molar-refractivity contribution is 0.241. The number of carbonyl (C=O) groups excluding carboxylic acids is 1. The van der Waals surface area contributed by atoms with Crippen molar-refractivity contribution in [2.45, 2.75) is 0 Å². The van der Waals surface area contributed by atoms with Crippen molar-refractivity contribution < 1.29 is 4.79 Å². The Morgan fingerprint density at radius 2 is 1.78 bits per heavy atom. The number of anilines is 3. The van der Waals surface area contributed by atoms with Crippen molar-refractivity contribution in [1.29, 1.82) is 0 Å². The van der Waals surface area contributed by atoms with Crippen molar-refractivity contribution in [3.63, 3.8) is 0 Å². The van der Waals surface area contributed by atoms with E-state index in [0.717, 1.165) is 77.8 Å². The Bertz CT molecular complexity index is 1320. The Morgan fingerprint density at radius 1 is 1.03 bits per heavy atom. The van der Waals surface area contributed by atoms with Crippen LogP contribution >= 0.6 is 0 Å². The van der Waals surface area contributed by atoms with Gasteiger partial charge in [-0.3, -0.25) is 4.90 Å². The lowest BCUT2D eigenvalue weighted by atomic mass is 9.95. The van der Waals surface area contributed by atoms with Crippen LogP contribution in [0.2, 0.25) is 0 Å². The first kappa shape index (κ1) is 23.7. The number of amides is 2. The number of hydrogen-bond donors (Lipinski definition) is 4. The van der Waals surface area contributed by atoms with E-state index in [1.54, 1.807) is 0 Å². The topological polar surface area (TPSA) is 101 Å². The number of H-pyrrole nitrogens is 1. The number of aromatic nitrogens is 3. The number of rotatable bonds is 7. The van der Waals surface area contributed by atoms with Crippen molar-refractivity contribution in [3.8, 4) is 11.4 Å². The quantitative estimate of drug-likeness (QED) is 0.300. The van der Waals surface area contributed by atoms with Gasteiger partial charge in [-0.05, 0) is 41.9 Å². The molecule has 10 heteroatoms. The molecule has 184 valence electrons. The molecule has 4 aromatic rings. The molecular weight excluding hydrogens is 451 g/mol. The number of hydrogen-bond acceptors (Lipinski definition) is 6. The van der Waals surface area contributed by atoms with Gasteiger partial charge in [0, 0.05) is 69.5 Å². The second-order valence-corrected chi connectivity index (χ2v) is 8.98. The van der Waals surface area contributed by atoms with E-state index in [4.69, 9.17) is 4.98 Å². The summed E-state index contributed by atoms with van der Waals surface area (Å²) in [5.41, 5.74) is 6.88. The normalized spacial score (nSPS) is 14.1. The van der Waals surface area contributed by atoms with Crippen LogP contribution in [-0.4, -0.2) is 80.0 Å². The molecule has 0 radical (unpaired) electrons. The number of nitrogens with zero attached hydrogens (tertiary/aromatic N) is 4. The molecule has 0 unspecified atom stereocenters. The molecule has 4 N–H and O–H groups in total. The van der Waals surface area contributed by atoms with Crippen molar-refractivity contribution in [1.82, 2.24) is 25.2 Å². The van der Waals surface area contributed by atoms with E-state index in [2.05, 4.69) is 55.7 Å². The van der Waals surface area contributed by atoms with Crippen LogP contribution in [0.3, 0.4) is 0 Å². The predicted molar refractivity (Wildman–Crippen MR) is 149 cm³/mol. The van der Waals surface area contributed by atoms with Crippen LogP contribution in [0.5, 0.6) is 0 Å². The molecule has 0 saturated carbocycles. The molecule has 0 aliphatic carbocycles. The summed E-state index contributed by atoms with van der Waals surface area (Å²) in [5.74, 6) is 0.825. The Balaban J connectivity index is 1.19. The van der Waals surface area contributed by atoms with E-state index in [0.29, 0.717) is 6.54 Å². The minimum atomic E-state index is -0.176. The molecule has 2 aromatic heterocycles. The van der Waals surface area contributed by atoms with E-state index >= 15 is 0 Å². The zero-order valence-corrected chi connectivity index (χ0v) is 20.7. The highest BCUT2D eigenvalue weighted by Crippen LogP contribution is 2.27. The molecular formula is C26H31BN8O. The highest BCUT2D eigenvalue weighted by atomic mass is 16.2. The van der Waals surface area contributed by atoms with Crippen molar-refractivity contribution in [3.05, 3.63) is 60.8 Å². The summed E-state index contributed by atoms with van der Waals surface area (Å²) in [7, 11) is 4.01. The van der Waals surface area contributed by atoms with Crippen LogP contribution in [-0.2, 0) is 0 Å². The van der Waals surface area contributed by atoms with Crippen molar-refractivity contribution in [2.75, 3.05) is 61.8 Å². The van der Waals surface area contributed by atoms with Gasteiger partial charge < -0.3 is 25.8 Å². The molecule has 1 saturated heterocycles. The molecule has 0 spiro atoms. The van der Waals surface area contributed by atoms with Gasteiger partial charge >= 0.3 is 6.03 Å². The second kappa shape index (κ2) is 10.7. The standard InChI is InChI=1S/C26H31BN8O/c1-28-19-9-7-18(8-10-19)24-32-22-23(21(27)17-30-25(22)33-24)35-15-13-34(14-16-35)12-11-29-26(36)31-20-5-3-2-4-6-20/h2-10,17,28H,11-16,27H2,1H3,(H2,29,31,36)(H,30,32,33). The summed E-state index contributed by atoms with van der Waals surface area (Å²) < 4.78 is 0. The van der Waals surface area contributed by atoms with Crippen LogP contribution in [0.4, 0.5) is 21.9 Å². The highest BCUT2D eigenvalue weighted by Gasteiger charge is 2.22. The van der Waals surface area contributed by atoms with Gasteiger partial charge in [0.25, 0.3) is 0 Å². The molecule has 1 fully saturated rings. The van der Waals surface area contributed by atoms with Gasteiger partial charge in [0.2, 0.25) is 0 Å². The van der Waals surface area contributed by atoms with E-state index < -0.39 is 0 Å². The molecule has 1 aliphatic rings. The Hall–Kier alpha value is -4.05. The first-order valence-corrected chi connectivity index (χ1v) is 12.3. The second-order valence-electron chi connectivity index (χ2n) is 8.98. The van der Waals surface area contributed by atoms with Crippen LogP contribution in [0, 0.1) is 0 Å². The highest BCUT2D eigenvalue weighted by molar-refractivity contribution is 6.37. The van der Waals surface area contributed by atoms with E-state index in [-0.39, 0.29) is 6.03 Å². The number of urea groups is 1. The maximum atomic E-state index is 12.1. The number of imidazole rings is 1. The molecule has 3 heterocycles. The maximum Gasteiger partial charge on any atom is 0.319 e. The third-order valence-electron chi connectivity index (χ3n) is 6.55. The summed E-state index contributed by atoms with van der Waals surface area (Å²) in [6.45, 7) is 5.06. The SMILES string of the molecule is Bc1cnc2[nH]c(-c3ccc(NC)cc3)nc2c1N1CCN(CCNC(=O)Nc2ccccc2)CC1. The fraction of sp³-hybridized carbons (Fsp3) is 0.269. The van der Waals surface area contributed by atoms with Crippen LogP contribution in [0.1, 0.15) is 0 Å². The van der Waals surface area contributed by atoms with Crippen LogP contribution in [0.25, 0.3) is 22.6 Å². The smallest absolute Gasteiger partial charge is 0.319 e. The summed E-state index contributed by atoms with van der Waals surface area (Å²) in [4.78, 5) is 29.9. The van der Waals surface area contributed by atoms with Crippen molar-refractivity contribution >= 4 is 47.6 Å². The summed E-state index contributed by atoms with van der Waals surface area (Å²) in [6, 6.07) is 17.5. The Morgan fingerprint density at radius 3 is 2.50 bits per heavy atom. The number of nitrogens with one attached hydrogen (secondary N) is 4. The zero-order chi connectivity index (χ0) is 24.9. The third-order valence-corrected chi connectivity index (χ3v) is 6.55. The fourth-order valence-corrected chi connectivity index (χ4v) is 4.58. The molecule has 36 heavy (non-hydrogen) atoms. The largest absolute Gasteiger partial charge is 0.388 e. The predicted octanol–water partition coefficient (Wildman–Crippen LogP) is 1.87. The van der Waals surface area contributed by atoms with Gasteiger partial charge in [0.1, 0.15) is 19.2 Å². The molecule has 0 bridgehead atoms. The van der Waals surface area contributed by atoms with Gasteiger partial charge in [0.05, 0.1) is 5.69 Å². The number of piperazine rings is 1. The van der Waals surface area contributed by atoms with E-state index in [1.807, 2.05) is 55.7 Å². The minimum absolute atomic E-state index is 0.176. The number of aromatic amines is 1. The first-order chi connectivity index (χ1) is 17.6. The third kappa shape index (κ3) is 5.28. The number of carbonyl (C=O) groups is 1. The van der Waals surface area contributed by atoms with E-state index in [9.17, 15) is 4.79 Å². The molecule has 1 aliphatic heterocycles. The van der Waals surface area contributed by atoms with Gasteiger partial charge in [-0.25, -0.2) is 14.8 Å². The van der Waals surface area contributed by atoms with Crippen LogP contribution in [0.15, 0.2) is 60.8 Å². The molecule has 5 rings (SSSR count). The maximum absolute atomic E-state index is 12.1. The summed E-state index contributed by atoms with van der Waals surface area (Å²) >= 11 is 0. The van der Waals surface area contributed by atoms with E-state index in [1.165, 1.54) is 0 Å². The van der Waals surface area contributed by atoms with Gasteiger partial charge in [-0.1, -0.05) is 18.2 Å². The van der Waals surface area contributed by atoms with Gasteiger partial charge in [0.15, 0.2) is 5.65 Å². The lowest BCUT2D eigenvalue weighted by Crippen LogP contribution is -2.49. The first-order valence-electron chi connectivity index (χ1n) is 12.3. The molecule has 2 amide bonds. The number of pyridine rings is 1. The lowest BCUT2D eigenvalue weighted by Gasteiger charge is -2.36. The monoisotopic (exact) mass is 482 g/mol. The average molecular weight is 482 g/mol. The zero-order valence-electron chi connectivity index (χ0n) is 20.7. The van der Waals surface area contributed by atoms with Gasteiger partial charge in [-0.2, -0.15) is 0 Å². The number of para-hydroxylation sites is 1. The minimum Gasteiger partial charge on any atom is -0.388 e. The number of benzene rings is 2. The van der Waals surface area contributed by atoms with Crippen LogP contribution < -0.4 is 26.3 Å². The Kier molecular flexibility index (Phi) is 7.04. The summed E-state index contributed by atoms with van der Waals surface area (Å²) in [6.07, 6.45) is 1.92. The van der Waals surface area contributed by atoms with Gasteiger partial charge in [-0.15, -0.1) is 0 Å². The van der Waals surface area contributed by atoms with Crippen molar-refractivity contribution in [2.24, 2.45) is 0 Å². The fourth-order valence-electron chi connectivity index (χ4n) is 4.58. The molecule has 2 aromatic carbocycles. The number of fused-ring (bicyclic) bond motifs is 1.